The number of nitrogens with one attached hydrogen (secondary N) is 1. The number of aromatic amines is 1. The highest BCUT2D eigenvalue weighted by molar-refractivity contribution is 5.23. The van der Waals surface area contributed by atoms with E-state index in [-0.39, 0.29) is 6.10 Å². The Balaban J connectivity index is 1.68. The van der Waals surface area contributed by atoms with Crippen LogP contribution in [0.5, 0.6) is 0 Å². The smallest absolute Gasteiger partial charge is 0.246 e. The van der Waals surface area contributed by atoms with Crippen molar-refractivity contribution in [3.05, 3.63) is 28.7 Å². The number of aromatic nitrogens is 4. The number of ether oxygens (including phenoxy) is 1. The second kappa shape index (κ2) is 5.95. The molecule has 0 aromatic carbocycles. The van der Waals surface area contributed by atoms with E-state index < -0.39 is 0 Å². The van der Waals surface area contributed by atoms with Crippen LogP contribution in [-0.2, 0) is 17.7 Å². The first-order chi connectivity index (χ1) is 10.2. The zero-order valence-corrected chi connectivity index (χ0v) is 12.7. The number of morpholine rings is 1. The minimum absolute atomic E-state index is 0.140. The van der Waals surface area contributed by atoms with E-state index in [0.29, 0.717) is 18.4 Å². The predicted molar refractivity (Wildman–Crippen MR) is 75.7 cm³/mol. The molecule has 0 spiro atoms. The van der Waals surface area contributed by atoms with Gasteiger partial charge in [-0.15, -0.1) is 10.2 Å². The molecule has 21 heavy (non-hydrogen) atoms. The van der Waals surface area contributed by atoms with Gasteiger partial charge in [-0.05, 0) is 13.8 Å². The van der Waals surface area contributed by atoms with Crippen molar-refractivity contribution in [2.24, 2.45) is 0 Å². The van der Waals surface area contributed by atoms with Crippen molar-refractivity contribution in [1.82, 2.24) is 25.3 Å². The fourth-order valence-corrected chi connectivity index (χ4v) is 2.57. The Morgan fingerprint density at radius 2 is 2.19 bits per heavy atom. The maximum absolute atomic E-state index is 5.77. The Labute approximate surface area is 123 Å². The van der Waals surface area contributed by atoms with Gasteiger partial charge in [0.15, 0.2) is 0 Å². The summed E-state index contributed by atoms with van der Waals surface area (Å²) >= 11 is 0. The molecule has 1 saturated heterocycles. The fourth-order valence-electron chi connectivity index (χ4n) is 2.57. The van der Waals surface area contributed by atoms with Crippen LogP contribution >= 0.6 is 0 Å². The van der Waals surface area contributed by atoms with Crippen LogP contribution < -0.4 is 0 Å². The van der Waals surface area contributed by atoms with Gasteiger partial charge >= 0.3 is 0 Å². The Morgan fingerprint density at radius 3 is 2.86 bits per heavy atom. The van der Waals surface area contributed by atoms with E-state index in [1.165, 1.54) is 5.56 Å². The number of rotatable bonds is 4. The Kier molecular flexibility index (Phi) is 4.03. The minimum atomic E-state index is -0.140. The van der Waals surface area contributed by atoms with Crippen molar-refractivity contribution in [3.63, 3.8) is 0 Å². The average molecular weight is 291 g/mol. The molecule has 7 heteroatoms. The molecule has 2 aromatic rings. The highest BCUT2D eigenvalue weighted by Gasteiger charge is 2.27. The number of hydrogen-bond acceptors (Lipinski definition) is 6. The topological polar surface area (TPSA) is 80.1 Å². The van der Waals surface area contributed by atoms with Crippen molar-refractivity contribution >= 4 is 0 Å². The van der Waals surface area contributed by atoms with Crippen LogP contribution in [0.25, 0.3) is 0 Å². The van der Waals surface area contributed by atoms with Gasteiger partial charge in [-0.25, -0.2) is 0 Å². The quantitative estimate of drug-likeness (QED) is 0.920. The molecular weight excluding hydrogens is 270 g/mol. The maximum Gasteiger partial charge on any atom is 0.246 e. The normalized spacial score (nSPS) is 20.0. The third-order valence-corrected chi connectivity index (χ3v) is 3.87. The minimum Gasteiger partial charge on any atom is -0.422 e. The molecule has 0 amide bonds. The first-order valence-corrected chi connectivity index (χ1v) is 7.34. The lowest BCUT2D eigenvalue weighted by Gasteiger charge is -2.31. The third kappa shape index (κ3) is 2.98. The summed E-state index contributed by atoms with van der Waals surface area (Å²) in [4.78, 5) is 2.34. The Hall–Kier alpha value is -1.73. The first kappa shape index (κ1) is 14.2. The van der Waals surface area contributed by atoms with E-state index in [4.69, 9.17) is 9.15 Å². The molecule has 1 aliphatic rings. The fraction of sp³-hybridized carbons (Fsp3) is 0.643. The summed E-state index contributed by atoms with van der Waals surface area (Å²) in [5, 5.41) is 15.4. The van der Waals surface area contributed by atoms with Crippen LogP contribution in [0.15, 0.2) is 4.42 Å². The largest absolute Gasteiger partial charge is 0.422 e. The number of aryl methyl sites for hydroxylation is 3. The highest BCUT2D eigenvalue weighted by Crippen LogP contribution is 2.23. The molecule has 114 valence electrons. The molecule has 0 bridgehead atoms. The van der Waals surface area contributed by atoms with Gasteiger partial charge in [0.1, 0.15) is 6.10 Å². The highest BCUT2D eigenvalue weighted by atomic mass is 16.5. The molecule has 0 saturated carbocycles. The molecule has 7 nitrogen and oxygen atoms in total. The SMILES string of the molecule is CCc1nnc(C2CN(Cc3c(C)n[nH]c3C)CCO2)o1. The second-order valence-electron chi connectivity index (χ2n) is 5.39. The van der Waals surface area contributed by atoms with Gasteiger partial charge in [0.25, 0.3) is 0 Å². The van der Waals surface area contributed by atoms with Crippen molar-refractivity contribution in [2.45, 2.75) is 39.8 Å². The van der Waals surface area contributed by atoms with Crippen LogP contribution in [0, 0.1) is 13.8 Å². The van der Waals surface area contributed by atoms with E-state index in [9.17, 15) is 0 Å². The van der Waals surface area contributed by atoms with Gasteiger partial charge in [0, 0.05) is 37.3 Å². The van der Waals surface area contributed by atoms with Crippen molar-refractivity contribution < 1.29 is 9.15 Å². The molecule has 2 aromatic heterocycles. The van der Waals surface area contributed by atoms with Gasteiger partial charge in [-0.3, -0.25) is 10.00 Å². The summed E-state index contributed by atoms with van der Waals surface area (Å²) in [6.07, 6.45) is 0.607. The summed E-state index contributed by atoms with van der Waals surface area (Å²) in [6.45, 7) is 9.27. The molecule has 1 unspecified atom stereocenters. The zero-order valence-electron chi connectivity index (χ0n) is 12.7. The number of H-pyrrole nitrogens is 1. The van der Waals surface area contributed by atoms with Crippen LogP contribution in [0.2, 0.25) is 0 Å². The Morgan fingerprint density at radius 1 is 1.33 bits per heavy atom. The Bertz CT molecular complexity index is 587. The van der Waals surface area contributed by atoms with E-state index in [1.807, 2.05) is 13.8 Å². The molecule has 1 atom stereocenters. The molecule has 1 N–H and O–H groups in total. The van der Waals surface area contributed by atoms with Gasteiger partial charge in [0.05, 0.1) is 12.3 Å². The third-order valence-electron chi connectivity index (χ3n) is 3.87. The average Bonchev–Trinajstić information content (AvgIpc) is 3.10. The van der Waals surface area contributed by atoms with Crippen LogP contribution in [0.3, 0.4) is 0 Å². The summed E-state index contributed by atoms with van der Waals surface area (Å²) in [5.41, 5.74) is 3.44. The van der Waals surface area contributed by atoms with E-state index >= 15 is 0 Å². The number of nitrogens with zero attached hydrogens (tertiary/aromatic N) is 4. The van der Waals surface area contributed by atoms with E-state index in [2.05, 4.69) is 32.2 Å². The van der Waals surface area contributed by atoms with Crippen LogP contribution in [0.1, 0.15) is 41.8 Å². The molecule has 0 radical (unpaired) electrons. The monoisotopic (exact) mass is 291 g/mol. The molecule has 3 rings (SSSR count). The predicted octanol–water partition coefficient (Wildman–Crippen LogP) is 1.55. The second-order valence-corrected chi connectivity index (χ2v) is 5.39. The standard InChI is InChI=1S/C14H21N5O2/c1-4-13-17-18-14(21-13)12-8-19(5-6-20-12)7-11-9(2)15-16-10(11)3/h12H,4-8H2,1-3H3,(H,15,16). The van der Waals surface area contributed by atoms with Crippen LogP contribution in [0.4, 0.5) is 0 Å². The molecular formula is C14H21N5O2. The summed E-state index contributed by atoms with van der Waals surface area (Å²) in [5.74, 6) is 1.24. The summed E-state index contributed by atoms with van der Waals surface area (Å²) in [7, 11) is 0. The van der Waals surface area contributed by atoms with Crippen molar-refractivity contribution in [1.29, 1.82) is 0 Å². The first-order valence-electron chi connectivity index (χ1n) is 7.34. The van der Waals surface area contributed by atoms with Gasteiger partial charge in [0.2, 0.25) is 11.8 Å². The zero-order chi connectivity index (χ0) is 14.8. The van der Waals surface area contributed by atoms with Gasteiger partial charge < -0.3 is 9.15 Å². The molecule has 1 fully saturated rings. The molecule has 1 aliphatic heterocycles. The lowest BCUT2D eigenvalue weighted by molar-refractivity contribution is -0.0458. The summed E-state index contributed by atoms with van der Waals surface area (Å²) < 4.78 is 11.4. The molecule has 0 aliphatic carbocycles. The van der Waals surface area contributed by atoms with Crippen molar-refractivity contribution in [3.8, 4) is 0 Å². The maximum atomic E-state index is 5.77. The van der Waals surface area contributed by atoms with E-state index in [0.717, 1.165) is 37.4 Å². The van der Waals surface area contributed by atoms with Gasteiger partial charge in [-0.2, -0.15) is 5.10 Å². The van der Waals surface area contributed by atoms with Crippen LogP contribution in [-0.4, -0.2) is 45.0 Å². The summed E-state index contributed by atoms with van der Waals surface area (Å²) in [6, 6.07) is 0. The molecule has 3 heterocycles. The van der Waals surface area contributed by atoms with Crippen molar-refractivity contribution in [2.75, 3.05) is 19.7 Å². The lowest BCUT2D eigenvalue weighted by atomic mass is 10.1. The van der Waals surface area contributed by atoms with Gasteiger partial charge in [-0.1, -0.05) is 6.92 Å². The van der Waals surface area contributed by atoms with E-state index in [1.54, 1.807) is 0 Å². The lowest BCUT2D eigenvalue weighted by Crippen LogP contribution is -2.38. The number of hydrogen-bond donors (Lipinski definition) is 1.